The summed E-state index contributed by atoms with van der Waals surface area (Å²) in [5.74, 6) is -0.847. The molecule has 0 fully saturated rings. The first kappa shape index (κ1) is 11.2. The number of rotatable bonds is 4. The van der Waals surface area contributed by atoms with E-state index in [4.69, 9.17) is 11.5 Å². The van der Waals surface area contributed by atoms with Gasteiger partial charge in [-0.15, -0.1) is 0 Å². The van der Waals surface area contributed by atoms with Crippen LogP contribution in [0.2, 0.25) is 0 Å². The van der Waals surface area contributed by atoms with Gasteiger partial charge in [0.25, 0.3) is 0 Å². The molecule has 0 aromatic carbocycles. The van der Waals surface area contributed by atoms with E-state index in [0.717, 1.165) is 0 Å². The lowest BCUT2D eigenvalue weighted by Crippen LogP contribution is -2.50. The van der Waals surface area contributed by atoms with Crippen LogP contribution in [0.1, 0.15) is 6.92 Å². The highest BCUT2D eigenvalue weighted by molar-refractivity contribution is 7.80. The van der Waals surface area contributed by atoms with Crippen molar-refractivity contribution in [1.29, 1.82) is 0 Å². The van der Waals surface area contributed by atoms with Gasteiger partial charge in [-0.1, -0.05) is 0 Å². The van der Waals surface area contributed by atoms with Crippen LogP contribution < -0.4 is 16.8 Å². The van der Waals surface area contributed by atoms with E-state index in [2.05, 4.69) is 17.9 Å². The standard InChI is InChI=1S/C6H13N3O2S/c1-3(7)6(11)9-4(2-12)5(8)10/h3-4,12H,2,7H2,1H3,(H2,8,10)(H,9,11)/t3-,4-/m1/s1. The van der Waals surface area contributed by atoms with Crippen LogP contribution in [0.4, 0.5) is 0 Å². The summed E-state index contributed by atoms with van der Waals surface area (Å²) in [6, 6.07) is -1.39. The highest BCUT2D eigenvalue weighted by Gasteiger charge is 2.17. The maximum absolute atomic E-state index is 10.9. The lowest BCUT2D eigenvalue weighted by atomic mass is 10.2. The van der Waals surface area contributed by atoms with Crippen LogP contribution >= 0.6 is 12.6 Å². The van der Waals surface area contributed by atoms with Crippen LogP contribution in [0.3, 0.4) is 0 Å². The summed E-state index contributed by atoms with van der Waals surface area (Å²) in [5, 5.41) is 2.35. The molecule has 0 aliphatic rings. The van der Waals surface area contributed by atoms with Gasteiger partial charge in [0.15, 0.2) is 0 Å². The summed E-state index contributed by atoms with van der Waals surface area (Å²) in [6.07, 6.45) is 0. The largest absolute Gasteiger partial charge is 0.368 e. The minimum atomic E-state index is -0.744. The van der Waals surface area contributed by atoms with Gasteiger partial charge >= 0.3 is 0 Å². The third-order valence-electron chi connectivity index (χ3n) is 1.26. The molecule has 0 radical (unpaired) electrons. The SMILES string of the molecule is C[C@@H](N)C(=O)N[C@H](CS)C(N)=O. The van der Waals surface area contributed by atoms with E-state index in [1.807, 2.05) is 0 Å². The second-order valence-electron chi connectivity index (χ2n) is 2.43. The van der Waals surface area contributed by atoms with Gasteiger partial charge in [-0.25, -0.2) is 0 Å². The molecule has 0 aromatic heterocycles. The molecule has 0 saturated heterocycles. The van der Waals surface area contributed by atoms with Crippen molar-refractivity contribution in [2.75, 3.05) is 5.75 Å². The molecule has 6 heteroatoms. The summed E-state index contributed by atoms with van der Waals surface area (Å²) >= 11 is 3.84. The van der Waals surface area contributed by atoms with Crippen molar-refractivity contribution in [2.45, 2.75) is 19.0 Å². The molecule has 0 unspecified atom stereocenters. The van der Waals surface area contributed by atoms with Gasteiger partial charge < -0.3 is 16.8 Å². The summed E-state index contributed by atoms with van der Waals surface area (Å²) in [5.41, 5.74) is 10.2. The Balaban J connectivity index is 4.03. The van der Waals surface area contributed by atoms with Gasteiger partial charge in [-0.05, 0) is 6.92 Å². The monoisotopic (exact) mass is 191 g/mol. The van der Waals surface area contributed by atoms with Gasteiger partial charge in [0.05, 0.1) is 6.04 Å². The predicted octanol–water partition coefficient (Wildman–Crippen LogP) is -1.77. The number of amides is 2. The quantitative estimate of drug-likeness (QED) is 0.396. The van der Waals surface area contributed by atoms with Crippen molar-refractivity contribution in [3.63, 3.8) is 0 Å². The number of carbonyl (C=O) groups is 2. The van der Waals surface area contributed by atoms with Gasteiger partial charge in [-0.2, -0.15) is 12.6 Å². The summed E-state index contributed by atoms with van der Waals surface area (Å²) in [6.45, 7) is 1.52. The third-order valence-corrected chi connectivity index (χ3v) is 1.62. The van der Waals surface area contributed by atoms with Crippen molar-refractivity contribution in [3.05, 3.63) is 0 Å². The summed E-state index contributed by atoms with van der Waals surface area (Å²) < 4.78 is 0. The lowest BCUT2D eigenvalue weighted by molar-refractivity contribution is -0.127. The third kappa shape index (κ3) is 3.59. The molecule has 0 rings (SSSR count). The molecule has 2 amide bonds. The average molecular weight is 191 g/mol. The predicted molar refractivity (Wildman–Crippen MR) is 48.6 cm³/mol. The Morgan fingerprint density at radius 2 is 2.08 bits per heavy atom. The first-order chi connectivity index (χ1) is 5.49. The molecule has 0 aliphatic carbocycles. The normalized spacial score (nSPS) is 14.9. The van der Waals surface area contributed by atoms with Crippen molar-refractivity contribution in [2.24, 2.45) is 11.5 Å². The minimum Gasteiger partial charge on any atom is -0.368 e. The molecule has 0 spiro atoms. The molecule has 0 heterocycles. The number of hydrogen-bond donors (Lipinski definition) is 4. The Hall–Kier alpha value is -0.750. The lowest BCUT2D eigenvalue weighted by Gasteiger charge is -2.14. The van der Waals surface area contributed by atoms with Crippen molar-refractivity contribution >= 4 is 24.4 Å². The molecule has 70 valence electrons. The topological polar surface area (TPSA) is 98.2 Å². The second kappa shape index (κ2) is 5.00. The Bertz CT molecular complexity index is 184. The van der Waals surface area contributed by atoms with Crippen LogP contribution in [-0.4, -0.2) is 29.7 Å². The van der Waals surface area contributed by atoms with Crippen molar-refractivity contribution in [3.8, 4) is 0 Å². The summed E-state index contributed by atoms with van der Waals surface area (Å²) in [4.78, 5) is 21.5. The average Bonchev–Trinajstić information content (AvgIpc) is 1.98. The number of thiol groups is 1. The molecule has 12 heavy (non-hydrogen) atoms. The molecular weight excluding hydrogens is 178 g/mol. The first-order valence-corrected chi connectivity index (χ1v) is 4.08. The van der Waals surface area contributed by atoms with Gasteiger partial charge in [0, 0.05) is 5.75 Å². The van der Waals surface area contributed by atoms with Crippen LogP contribution in [0.25, 0.3) is 0 Å². The fourth-order valence-electron chi connectivity index (χ4n) is 0.510. The maximum atomic E-state index is 10.9. The molecule has 5 N–H and O–H groups in total. The van der Waals surface area contributed by atoms with E-state index >= 15 is 0 Å². The highest BCUT2D eigenvalue weighted by Crippen LogP contribution is 1.87. The Kier molecular flexibility index (Phi) is 4.68. The number of hydrogen-bond acceptors (Lipinski definition) is 4. The molecule has 5 nitrogen and oxygen atoms in total. The zero-order valence-corrected chi connectivity index (χ0v) is 7.67. The number of nitrogens with one attached hydrogen (secondary N) is 1. The molecule has 2 atom stereocenters. The zero-order chi connectivity index (χ0) is 9.72. The Morgan fingerprint density at radius 3 is 2.33 bits per heavy atom. The van der Waals surface area contributed by atoms with Crippen LogP contribution in [-0.2, 0) is 9.59 Å². The molecular formula is C6H13N3O2S. The van der Waals surface area contributed by atoms with Crippen LogP contribution in [0, 0.1) is 0 Å². The van der Waals surface area contributed by atoms with Crippen molar-refractivity contribution < 1.29 is 9.59 Å². The fourth-order valence-corrected chi connectivity index (χ4v) is 0.781. The van der Waals surface area contributed by atoms with E-state index in [9.17, 15) is 9.59 Å². The number of nitrogens with two attached hydrogens (primary N) is 2. The zero-order valence-electron chi connectivity index (χ0n) is 6.78. The number of primary amides is 1. The second-order valence-corrected chi connectivity index (χ2v) is 2.80. The van der Waals surface area contributed by atoms with E-state index in [-0.39, 0.29) is 5.75 Å². The van der Waals surface area contributed by atoms with E-state index in [0.29, 0.717) is 0 Å². The first-order valence-electron chi connectivity index (χ1n) is 3.45. The van der Waals surface area contributed by atoms with Crippen molar-refractivity contribution in [1.82, 2.24) is 5.32 Å². The fraction of sp³-hybridized carbons (Fsp3) is 0.667. The van der Waals surface area contributed by atoms with Gasteiger partial charge in [0.1, 0.15) is 6.04 Å². The van der Waals surface area contributed by atoms with E-state index < -0.39 is 23.9 Å². The molecule has 0 saturated carbocycles. The minimum absolute atomic E-state index is 0.174. The number of carbonyl (C=O) groups excluding carboxylic acids is 2. The van der Waals surface area contributed by atoms with Gasteiger partial charge in [0.2, 0.25) is 11.8 Å². The highest BCUT2D eigenvalue weighted by atomic mass is 32.1. The molecule has 0 aromatic rings. The van der Waals surface area contributed by atoms with E-state index in [1.165, 1.54) is 6.92 Å². The van der Waals surface area contributed by atoms with Crippen LogP contribution in [0.15, 0.2) is 0 Å². The van der Waals surface area contributed by atoms with E-state index in [1.54, 1.807) is 0 Å². The Morgan fingerprint density at radius 1 is 1.58 bits per heavy atom. The summed E-state index contributed by atoms with van der Waals surface area (Å²) in [7, 11) is 0. The molecule has 0 aliphatic heterocycles. The molecule has 0 bridgehead atoms. The maximum Gasteiger partial charge on any atom is 0.240 e. The van der Waals surface area contributed by atoms with Crippen LogP contribution in [0.5, 0.6) is 0 Å². The van der Waals surface area contributed by atoms with Gasteiger partial charge in [-0.3, -0.25) is 9.59 Å². The Labute approximate surface area is 76.3 Å². The smallest absolute Gasteiger partial charge is 0.240 e.